The number of hydrogen-bond acceptors (Lipinski definition) is 3. The molecule has 0 amide bonds. The summed E-state index contributed by atoms with van der Waals surface area (Å²) in [5, 5.41) is 3.26. The number of halogens is 1. The summed E-state index contributed by atoms with van der Waals surface area (Å²) in [7, 11) is 0. The molecule has 21 heavy (non-hydrogen) atoms. The van der Waals surface area contributed by atoms with Gasteiger partial charge in [-0.2, -0.15) is 0 Å². The first-order valence-corrected chi connectivity index (χ1v) is 8.47. The molecule has 0 spiro atoms. The van der Waals surface area contributed by atoms with Crippen LogP contribution in [0.5, 0.6) is 0 Å². The summed E-state index contributed by atoms with van der Waals surface area (Å²) >= 11 is 1.71. The maximum Gasteiger partial charge on any atom is 0.123 e. The highest BCUT2D eigenvalue weighted by atomic mass is 32.1. The van der Waals surface area contributed by atoms with Crippen LogP contribution in [0.2, 0.25) is 0 Å². The average Bonchev–Trinajstić information content (AvgIpc) is 2.97. The molecule has 0 N–H and O–H groups in total. The van der Waals surface area contributed by atoms with Crippen molar-refractivity contribution in [2.24, 2.45) is 0 Å². The van der Waals surface area contributed by atoms with E-state index in [4.69, 9.17) is 4.98 Å². The monoisotopic (exact) mass is 304 g/mol. The van der Waals surface area contributed by atoms with Gasteiger partial charge in [-0.05, 0) is 51.9 Å². The summed E-state index contributed by atoms with van der Waals surface area (Å²) in [4.78, 5) is 7.27. The highest BCUT2D eigenvalue weighted by Gasteiger charge is 2.24. The van der Waals surface area contributed by atoms with Gasteiger partial charge in [0.2, 0.25) is 0 Å². The lowest BCUT2D eigenvalue weighted by atomic mass is 9.96. The molecule has 3 rings (SSSR count). The summed E-state index contributed by atoms with van der Waals surface area (Å²) in [6.45, 7) is 6.81. The second kappa shape index (κ2) is 6.24. The van der Waals surface area contributed by atoms with Crippen LogP contribution in [-0.2, 0) is 0 Å². The summed E-state index contributed by atoms with van der Waals surface area (Å²) in [6.07, 6.45) is 2.35. The minimum Gasteiger partial charge on any atom is -0.301 e. The molecule has 112 valence electrons. The van der Waals surface area contributed by atoms with Crippen molar-refractivity contribution >= 4 is 11.3 Å². The normalized spacial score (nSPS) is 17.5. The van der Waals surface area contributed by atoms with Crippen molar-refractivity contribution in [3.63, 3.8) is 0 Å². The van der Waals surface area contributed by atoms with Gasteiger partial charge >= 0.3 is 0 Å². The molecule has 2 aromatic rings. The molecule has 0 aliphatic carbocycles. The third kappa shape index (κ3) is 3.33. The van der Waals surface area contributed by atoms with Crippen LogP contribution in [0.4, 0.5) is 4.39 Å². The van der Waals surface area contributed by atoms with E-state index in [1.807, 2.05) is 6.07 Å². The number of nitrogens with zero attached hydrogens (tertiary/aromatic N) is 2. The minimum atomic E-state index is -0.202. The van der Waals surface area contributed by atoms with E-state index in [1.54, 1.807) is 23.5 Å². The Bertz CT molecular complexity index is 600. The SMILES string of the molecule is CC(C)N1CCC(c2nc(-c3cccc(F)c3)cs2)CC1. The smallest absolute Gasteiger partial charge is 0.123 e. The van der Waals surface area contributed by atoms with Gasteiger partial charge in [0.1, 0.15) is 5.82 Å². The maximum atomic E-state index is 13.3. The van der Waals surface area contributed by atoms with Crippen LogP contribution in [-0.4, -0.2) is 29.0 Å². The maximum absolute atomic E-state index is 13.3. The first-order chi connectivity index (χ1) is 10.1. The molecule has 1 aromatic carbocycles. The zero-order valence-electron chi connectivity index (χ0n) is 12.6. The molecule has 0 atom stereocenters. The molecule has 0 unspecified atom stereocenters. The third-order valence-electron chi connectivity index (χ3n) is 4.25. The van der Waals surface area contributed by atoms with Gasteiger partial charge in [-0.3, -0.25) is 0 Å². The van der Waals surface area contributed by atoms with Gasteiger partial charge < -0.3 is 4.90 Å². The Balaban J connectivity index is 1.71. The lowest BCUT2D eigenvalue weighted by Crippen LogP contribution is -2.37. The lowest BCUT2D eigenvalue weighted by molar-refractivity contribution is 0.172. The van der Waals surface area contributed by atoms with Gasteiger partial charge in [0, 0.05) is 22.9 Å². The molecular formula is C17H21FN2S. The Labute approximate surface area is 129 Å². The summed E-state index contributed by atoms with van der Waals surface area (Å²) in [5.74, 6) is 0.361. The van der Waals surface area contributed by atoms with E-state index in [0.29, 0.717) is 12.0 Å². The Morgan fingerprint density at radius 1 is 1.29 bits per heavy atom. The van der Waals surface area contributed by atoms with E-state index in [9.17, 15) is 4.39 Å². The average molecular weight is 304 g/mol. The quantitative estimate of drug-likeness (QED) is 0.828. The topological polar surface area (TPSA) is 16.1 Å². The summed E-state index contributed by atoms with van der Waals surface area (Å²) < 4.78 is 13.3. The number of thiazole rings is 1. The molecule has 1 aliphatic rings. The molecule has 4 heteroatoms. The fourth-order valence-electron chi connectivity index (χ4n) is 2.92. The second-order valence-corrected chi connectivity index (χ2v) is 6.88. The van der Waals surface area contributed by atoms with Crippen molar-refractivity contribution in [3.8, 4) is 11.3 Å². The Morgan fingerprint density at radius 3 is 2.71 bits per heavy atom. The number of aromatic nitrogens is 1. The van der Waals surface area contributed by atoms with Gasteiger partial charge in [-0.25, -0.2) is 9.37 Å². The van der Waals surface area contributed by atoms with Crippen LogP contribution >= 0.6 is 11.3 Å². The van der Waals surface area contributed by atoms with Crippen LogP contribution in [0.3, 0.4) is 0 Å². The van der Waals surface area contributed by atoms with E-state index < -0.39 is 0 Å². The highest BCUT2D eigenvalue weighted by molar-refractivity contribution is 7.10. The molecule has 1 aliphatic heterocycles. The van der Waals surface area contributed by atoms with E-state index in [2.05, 4.69) is 24.1 Å². The van der Waals surface area contributed by atoms with E-state index in [-0.39, 0.29) is 5.82 Å². The van der Waals surface area contributed by atoms with Crippen molar-refractivity contribution in [2.75, 3.05) is 13.1 Å². The molecule has 0 bridgehead atoms. The van der Waals surface area contributed by atoms with Crippen LogP contribution in [0.25, 0.3) is 11.3 Å². The zero-order chi connectivity index (χ0) is 14.8. The summed E-state index contributed by atoms with van der Waals surface area (Å²) in [5.41, 5.74) is 1.78. The number of likely N-dealkylation sites (tertiary alicyclic amines) is 1. The molecule has 2 heterocycles. The predicted octanol–water partition coefficient (Wildman–Crippen LogP) is 4.54. The van der Waals surface area contributed by atoms with Crippen molar-refractivity contribution in [3.05, 3.63) is 40.5 Å². The van der Waals surface area contributed by atoms with Crippen molar-refractivity contribution in [1.82, 2.24) is 9.88 Å². The number of benzene rings is 1. The molecule has 1 aromatic heterocycles. The number of piperidine rings is 1. The van der Waals surface area contributed by atoms with Gasteiger partial charge in [-0.15, -0.1) is 11.3 Å². The molecule has 1 fully saturated rings. The summed E-state index contributed by atoms with van der Waals surface area (Å²) in [6, 6.07) is 7.32. The Kier molecular flexibility index (Phi) is 4.36. The van der Waals surface area contributed by atoms with E-state index in [0.717, 1.165) is 24.3 Å². The first kappa shape index (κ1) is 14.7. The second-order valence-electron chi connectivity index (χ2n) is 5.99. The third-order valence-corrected chi connectivity index (χ3v) is 5.26. The Hall–Kier alpha value is -1.26. The lowest BCUT2D eigenvalue weighted by Gasteiger charge is -2.33. The van der Waals surface area contributed by atoms with Crippen molar-refractivity contribution in [1.29, 1.82) is 0 Å². The van der Waals surface area contributed by atoms with Gasteiger partial charge in [0.25, 0.3) is 0 Å². The van der Waals surface area contributed by atoms with E-state index >= 15 is 0 Å². The fraction of sp³-hybridized carbons (Fsp3) is 0.471. The molecular weight excluding hydrogens is 283 g/mol. The van der Waals surface area contributed by atoms with Crippen LogP contribution in [0, 0.1) is 5.82 Å². The zero-order valence-corrected chi connectivity index (χ0v) is 13.4. The first-order valence-electron chi connectivity index (χ1n) is 7.59. The van der Waals surface area contributed by atoms with Gasteiger partial charge in [-0.1, -0.05) is 12.1 Å². The van der Waals surface area contributed by atoms with Gasteiger partial charge in [0.05, 0.1) is 10.7 Å². The fourth-order valence-corrected chi connectivity index (χ4v) is 3.92. The highest BCUT2D eigenvalue weighted by Crippen LogP contribution is 2.33. The van der Waals surface area contributed by atoms with E-state index in [1.165, 1.54) is 23.9 Å². The number of hydrogen-bond donors (Lipinski definition) is 0. The molecule has 0 saturated carbocycles. The predicted molar refractivity (Wildman–Crippen MR) is 86.2 cm³/mol. The molecule has 0 radical (unpaired) electrons. The number of rotatable bonds is 3. The largest absolute Gasteiger partial charge is 0.301 e. The van der Waals surface area contributed by atoms with Crippen LogP contribution in [0.1, 0.15) is 37.6 Å². The molecule has 1 saturated heterocycles. The Morgan fingerprint density at radius 2 is 2.05 bits per heavy atom. The van der Waals surface area contributed by atoms with Crippen molar-refractivity contribution in [2.45, 2.75) is 38.6 Å². The standard InChI is InChI=1S/C17H21FN2S/c1-12(2)20-8-6-13(7-9-20)17-19-16(11-21-17)14-4-3-5-15(18)10-14/h3-5,10-13H,6-9H2,1-2H3. The van der Waals surface area contributed by atoms with Crippen LogP contribution < -0.4 is 0 Å². The van der Waals surface area contributed by atoms with Gasteiger partial charge in [0.15, 0.2) is 0 Å². The van der Waals surface area contributed by atoms with Crippen LogP contribution in [0.15, 0.2) is 29.6 Å². The molecule has 2 nitrogen and oxygen atoms in total. The van der Waals surface area contributed by atoms with Crippen molar-refractivity contribution < 1.29 is 4.39 Å². The minimum absolute atomic E-state index is 0.202.